The monoisotopic (exact) mass is 494 g/mol. The quantitative estimate of drug-likeness (QED) is 0.179. The number of allylic oxidation sites excluding steroid dienone is 1. The SMILES string of the molecule is C=CC(c1ccccc1)[n+]1ccc(-c2cc[n+](Cc3ccccc3)cc2)cc1.[O-]B(F)F.[O-]B(F)F. The molecule has 0 saturated carbocycles. The van der Waals surface area contributed by atoms with E-state index in [0.29, 0.717) is 0 Å². The van der Waals surface area contributed by atoms with Crippen LogP contribution in [0.3, 0.4) is 0 Å². The van der Waals surface area contributed by atoms with Crippen molar-refractivity contribution in [3.63, 3.8) is 0 Å². The van der Waals surface area contributed by atoms with Crippen molar-refractivity contribution in [2.24, 2.45) is 0 Å². The number of halogens is 4. The maximum absolute atomic E-state index is 9.78. The standard InChI is InChI=1S/C26H24N2.2BF2O/c1-2-26(25-11-7-4-8-12-25)28-19-15-24(16-20-28)23-13-17-27(18-14-23)21-22-9-5-3-6-10-22;2*2-1(3)4/h2-20,26H,1,21H2;;/q+2;2*-1. The molecule has 2 aromatic carbocycles. The van der Waals surface area contributed by atoms with Crippen molar-refractivity contribution in [2.75, 3.05) is 0 Å². The summed E-state index contributed by atoms with van der Waals surface area (Å²) in [7, 11) is -6.83. The highest BCUT2D eigenvalue weighted by atomic mass is 19.2. The summed E-state index contributed by atoms with van der Waals surface area (Å²) in [4.78, 5) is 0. The van der Waals surface area contributed by atoms with Crippen molar-refractivity contribution in [3.8, 4) is 11.1 Å². The molecule has 184 valence electrons. The van der Waals surface area contributed by atoms with Crippen LogP contribution in [0, 0.1) is 0 Å². The van der Waals surface area contributed by atoms with Crippen LogP contribution in [0.5, 0.6) is 0 Å². The molecule has 0 aliphatic carbocycles. The molecule has 2 heterocycles. The molecule has 0 amide bonds. The second-order valence-electron chi connectivity index (χ2n) is 7.39. The van der Waals surface area contributed by atoms with Gasteiger partial charge in [0, 0.05) is 35.4 Å². The first-order valence-electron chi connectivity index (χ1n) is 10.9. The minimum absolute atomic E-state index is 0.138. The number of hydrogen-bond acceptors (Lipinski definition) is 2. The summed E-state index contributed by atoms with van der Waals surface area (Å²) in [6.07, 6.45) is 10.5. The van der Waals surface area contributed by atoms with Gasteiger partial charge in [-0.1, -0.05) is 67.2 Å². The topological polar surface area (TPSA) is 53.9 Å². The molecule has 1 atom stereocenters. The Morgan fingerprint density at radius 2 is 1.11 bits per heavy atom. The first-order valence-corrected chi connectivity index (χ1v) is 10.9. The van der Waals surface area contributed by atoms with Gasteiger partial charge in [-0.15, -0.1) is 0 Å². The summed E-state index contributed by atoms with van der Waals surface area (Å²) >= 11 is 0. The Hall–Kier alpha value is -3.75. The fourth-order valence-electron chi connectivity index (χ4n) is 3.45. The Bertz CT molecular complexity index is 1140. The fraction of sp³-hybridized carbons (Fsp3) is 0.0769. The van der Waals surface area contributed by atoms with Gasteiger partial charge in [0.15, 0.2) is 31.3 Å². The lowest BCUT2D eigenvalue weighted by Gasteiger charge is -2.09. The van der Waals surface area contributed by atoms with E-state index in [1.807, 2.05) is 18.2 Å². The van der Waals surface area contributed by atoms with Gasteiger partial charge in [0.05, 0.1) is 0 Å². The zero-order valence-electron chi connectivity index (χ0n) is 19.3. The van der Waals surface area contributed by atoms with E-state index < -0.39 is 14.9 Å². The molecule has 1 unspecified atom stereocenters. The average Bonchev–Trinajstić information content (AvgIpc) is 2.86. The third-order valence-electron chi connectivity index (χ3n) is 4.97. The van der Waals surface area contributed by atoms with Crippen LogP contribution >= 0.6 is 0 Å². The van der Waals surface area contributed by atoms with Crippen LogP contribution < -0.4 is 19.2 Å². The van der Waals surface area contributed by atoms with E-state index in [-0.39, 0.29) is 6.04 Å². The minimum Gasteiger partial charge on any atom is -0.824 e. The van der Waals surface area contributed by atoms with Gasteiger partial charge in [-0.2, -0.15) is 4.57 Å². The highest BCUT2D eigenvalue weighted by molar-refractivity contribution is 6.30. The van der Waals surface area contributed by atoms with E-state index in [4.69, 9.17) is 10.0 Å². The minimum atomic E-state index is -3.42. The Labute approximate surface area is 208 Å². The second kappa shape index (κ2) is 15.3. The lowest BCUT2D eigenvalue weighted by molar-refractivity contribution is -0.703. The van der Waals surface area contributed by atoms with E-state index in [2.05, 4.69) is 113 Å². The Morgan fingerprint density at radius 3 is 1.56 bits per heavy atom. The van der Waals surface area contributed by atoms with Gasteiger partial charge < -0.3 is 27.3 Å². The van der Waals surface area contributed by atoms with Crippen LogP contribution in [-0.2, 0) is 6.54 Å². The molecule has 0 bridgehead atoms. The lowest BCUT2D eigenvalue weighted by Crippen LogP contribution is -2.38. The van der Waals surface area contributed by atoms with Gasteiger partial charge in [-0.05, 0) is 17.2 Å². The second-order valence-corrected chi connectivity index (χ2v) is 7.39. The van der Waals surface area contributed by atoms with Gasteiger partial charge >= 0.3 is 14.9 Å². The van der Waals surface area contributed by atoms with Crippen LogP contribution in [0.1, 0.15) is 17.2 Å². The van der Waals surface area contributed by atoms with E-state index in [1.165, 1.54) is 22.3 Å². The first kappa shape index (κ1) is 28.5. The molecule has 0 N–H and O–H groups in total. The molecular weight excluding hydrogens is 470 g/mol. The molecular formula is C26H24B2F4N2O2. The smallest absolute Gasteiger partial charge is 0.447 e. The van der Waals surface area contributed by atoms with Crippen LogP contribution in [-0.4, -0.2) is 14.9 Å². The molecule has 2 aromatic heterocycles. The van der Waals surface area contributed by atoms with E-state index in [1.54, 1.807) is 0 Å². The van der Waals surface area contributed by atoms with E-state index in [9.17, 15) is 17.3 Å². The summed E-state index contributed by atoms with van der Waals surface area (Å²) in [6, 6.07) is 29.8. The average molecular weight is 494 g/mol. The van der Waals surface area contributed by atoms with Gasteiger partial charge in [0.25, 0.3) is 0 Å². The highest BCUT2D eigenvalue weighted by Gasteiger charge is 2.16. The third kappa shape index (κ3) is 10.2. The zero-order valence-corrected chi connectivity index (χ0v) is 19.3. The summed E-state index contributed by atoms with van der Waals surface area (Å²) < 4.78 is 43.5. The third-order valence-corrected chi connectivity index (χ3v) is 4.97. The highest BCUT2D eigenvalue weighted by Crippen LogP contribution is 2.18. The van der Waals surface area contributed by atoms with Gasteiger partial charge in [0.1, 0.15) is 0 Å². The maximum atomic E-state index is 9.78. The summed E-state index contributed by atoms with van der Waals surface area (Å²) in [5.41, 5.74) is 4.96. The van der Waals surface area contributed by atoms with E-state index >= 15 is 0 Å². The van der Waals surface area contributed by atoms with Gasteiger partial charge in [-0.3, -0.25) is 0 Å². The molecule has 0 aliphatic heterocycles. The number of benzene rings is 2. The Morgan fingerprint density at radius 1 is 0.694 bits per heavy atom. The molecule has 0 aliphatic rings. The molecule has 36 heavy (non-hydrogen) atoms. The largest absolute Gasteiger partial charge is 0.824 e. The molecule has 0 radical (unpaired) electrons. The molecule has 4 nitrogen and oxygen atoms in total. The first-order chi connectivity index (χ1) is 17.3. The molecule has 4 aromatic rings. The van der Waals surface area contributed by atoms with Crippen LogP contribution in [0.2, 0.25) is 0 Å². The number of hydrogen-bond donors (Lipinski definition) is 0. The maximum Gasteiger partial charge on any atom is 0.447 e. The lowest BCUT2D eigenvalue weighted by atomic mass is 10.1. The van der Waals surface area contributed by atoms with Crippen molar-refractivity contribution >= 4 is 14.9 Å². The normalized spacial score (nSPS) is 10.6. The van der Waals surface area contributed by atoms with Gasteiger partial charge in [0.2, 0.25) is 6.04 Å². The van der Waals surface area contributed by atoms with Crippen molar-refractivity contribution in [3.05, 3.63) is 133 Å². The molecule has 10 heteroatoms. The predicted molar refractivity (Wildman–Crippen MR) is 129 cm³/mol. The van der Waals surface area contributed by atoms with Crippen LogP contribution in [0.4, 0.5) is 17.3 Å². The predicted octanol–water partition coefficient (Wildman–Crippen LogP) is 3.29. The number of nitrogens with zero attached hydrogens (tertiary/aromatic N) is 2. The van der Waals surface area contributed by atoms with Crippen LogP contribution in [0.15, 0.2) is 122 Å². The van der Waals surface area contributed by atoms with Crippen molar-refractivity contribution in [1.29, 1.82) is 0 Å². The molecule has 0 spiro atoms. The van der Waals surface area contributed by atoms with E-state index in [0.717, 1.165) is 6.54 Å². The summed E-state index contributed by atoms with van der Waals surface area (Å²) in [5.74, 6) is 0. The van der Waals surface area contributed by atoms with Crippen molar-refractivity contribution < 1.29 is 36.4 Å². The fourth-order valence-corrected chi connectivity index (χ4v) is 3.45. The Kier molecular flexibility index (Phi) is 12.1. The van der Waals surface area contributed by atoms with Crippen molar-refractivity contribution in [1.82, 2.24) is 0 Å². The number of rotatable bonds is 6. The number of pyridine rings is 2. The van der Waals surface area contributed by atoms with Crippen LogP contribution in [0.25, 0.3) is 11.1 Å². The van der Waals surface area contributed by atoms with Gasteiger partial charge in [-0.25, -0.2) is 4.57 Å². The molecule has 0 fully saturated rings. The zero-order chi connectivity index (χ0) is 26.3. The van der Waals surface area contributed by atoms with Crippen molar-refractivity contribution in [2.45, 2.75) is 12.6 Å². The summed E-state index contributed by atoms with van der Waals surface area (Å²) in [5, 5.41) is 16.4. The Balaban J connectivity index is 0.000000501. The number of aromatic nitrogens is 2. The molecule has 0 saturated heterocycles. The molecule has 4 rings (SSSR count). The summed E-state index contributed by atoms with van der Waals surface area (Å²) in [6.45, 7) is 4.90.